The van der Waals surface area contributed by atoms with Gasteiger partial charge in [0.1, 0.15) is 6.10 Å². The number of hydrogen-bond acceptors (Lipinski definition) is 3. The summed E-state index contributed by atoms with van der Waals surface area (Å²) in [5.74, 6) is 1.23. The molecule has 0 aromatic heterocycles. The van der Waals surface area contributed by atoms with Crippen molar-refractivity contribution >= 4 is 5.97 Å². The maximum atomic E-state index is 12.9. The fraction of sp³-hybridized carbons (Fsp3) is 0.645. The van der Waals surface area contributed by atoms with Crippen LogP contribution in [0, 0.1) is 34.0 Å². The van der Waals surface area contributed by atoms with Gasteiger partial charge in [-0.05, 0) is 96.8 Å². The van der Waals surface area contributed by atoms with Crippen molar-refractivity contribution in [2.45, 2.75) is 85.7 Å². The molecule has 1 N–H and O–H groups in total. The van der Waals surface area contributed by atoms with E-state index in [0.717, 1.165) is 32.1 Å². The Balaban J connectivity index is 1.41. The summed E-state index contributed by atoms with van der Waals surface area (Å²) in [5.41, 5.74) is 5.93. The van der Waals surface area contributed by atoms with Crippen LogP contribution >= 0.6 is 0 Å². The molecule has 0 saturated heterocycles. The molecule has 0 heterocycles. The lowest BCUT2D eigenvalue weighted by atomic mass is 9.46. The van der Waals surface area contributed by atoms with Crippen LogP contribution in [0.25, 0.3) is 0 Å². The van der Waals surface area contributed by atoms with Crippen molar-refractivity contribution in [2.24, 2.45) is 34.0 Å². The van der Waals surface area contributed by atoms with E-state index in [1.54, 1.807) is 16.7 Å². The quantitative estimate of drug-likeness (QED) is 0.485. The third kappa shape index (κ3) is 3.45. The summed E-state index contributed by atoms with van der Waals surface area (Å²) < 4.78 is 6.17. The van der Waals surface area contributed by atoms with Gasteiger partial charge < -0.3 is 9.84 Å². The first-order valence-electron chi connectivity index (χ1n) is 13.4. The van der Waals surface area contributed by atoms with Crippen LogP contribution in [0.3, 0.4) is 0 Å². The van der Waals surface area contributed by atoms with E-state index < -0.39 is 0 Å². The van der Waals surface area contributed by atoms with Gasteiger partial charge in [-0.3, -0.25) is 0 Å². The summed E-state index contributed by atoms with van der Waals surface area (Å²) in [6, 6.07) is 9.42. The molecule has 0 spiro atoms. The van der Waals surface area contributed by atoms with Gasteiger partial charge >= 0.3 is 5.97 Å². The molecule has 1 aromatic carbocycles. The second-order valence-electron chi connectivity index (χ2n) is 12.6. The fourth-order valence-electron chi connectivity index (χ4n) is 8.67. The maximum Gasteiger partial charge on any atom is 0.338 e. The van der Waals surface area contributed by atoms with Crippen LogP contribution in [0.15, 0.2) is 53.1 Å². The second kappa shape index (κ2) is 8.36. The number of hydrogen-bond donors (Lipinski definition) is 1. The molecule has 1 saturated carbocycles. The molecule has 0 bridgehead atoms. The molecule has 0 radical (unpaired) electrons. The zero-order chi connectivity index (χ0) is 24.3. The Morgan fingerprint density at radius 3 is 2.50 bits per heavy atom. The van der Waals surface area contributed by atoms with E-state index in [0.29, 0.717) is 23.3 Å². The van der Waals surface area contributed by atoms with E-state index in [2.05, 4.69) is 40.7 Å². The first kappa shape index (κ1) is 23.9. The standard InChI is InChI=1S/C31H42O3/c1-20(19-32)23-12-13-24-22-11-14-26-29(2,3)27(34-28(33)21-9-7-6-8-10-21)16-18-31(26,5)25(22)15-17-30(23,24)4/h6-10,13,20,23,26-27,32H,11-12,14-19H2,1-5H3/t20-,23-,26+,27+,30-,31-/m1/s1. The van der Waals surface area contributed by atoms with E-state index in [9.17, 15) is 9.90 Å². The van der Waals surface area contributed by atoms with E-state index >= 15 is 0 Å². The fourth-order valence-corrected chi connectivity index (χ4v) is 8.67. The summed E-state index contributed by atoms with van der Waals surface area (Å²) in [6.45, 7) is 12.1. The van der Waals surface area contributed by atoms with E-state index in [-0.39, 0.29) is 34.9 Å². The first-order chi connectivity index (χ1) is 16.1. The van der Waals surface area contributed by atoms with Crippen molar-refractivity contribution in [3.8, 4) is 0 Å². The molecule has 6 atom stereocenters. The highest BCUT2D eigenvalue weighted by Gasteiger charge is 2.58. The highest BCUT2D eigenvalue weighted by atomic mass is 16.5. The summed E-state index contributed by atoms with van der Waals surface area (Å²) in [7, 11) is 0. The molecule has 4 aliphatic rings. The maximum absolute atomic E-state index is 12.9. The van der Waals surface area contributed by atoms with E-state index in [4.69, 9.17) is 4.74 Å². The van der Waals surface area contributed by atoms with Crippen molar-refractivity contribution in [1.29, 1.82) is 0 Å². The minimum atomic E-state index is -0.188. The van der Waals surface area contributed by atoms with Gasteiger partial charge in [0.05, 0.1) is 5.56 Å². The molecule has 1 aromatic rings. The largest absolute Gasteiger partial charge is 0.458 e. The van der Waals surface area contributed by atoms with Crippen molar-refractivity contribution < 1.29 is 14.6 Å². The molecule has 184 valence electrons. The lowest BCUT2D eigenvalue weighted by Gasteiger charge is -2.59. The molecule has 0 unspecified atom stereocenters. The Kier molecular flexibility index (Phi) is 5.87. The van der Waals surface area contributed by atoms with Gasteiger partial charge in [0.2, 0.25) is 0 Å². The number of benzene rings is 1. The molecular formula is C31H42O3. The molecule has 3 heteroatoms. The molecule has 0 aliphatic heterocycles. The van der Waals surface area contributed by atoms with Gasteiger partial charge in [-0.2, -0.15) is 0 Å². The van der Waals surface area contributed by atoms with Crippen LogP contribution in [-0.2, 0) is 4.74 Å². The molecular weight excluding hydrogens is 420 g/mol. The van der Waals surface area contributed by atoms with E-state index in [1.807, 2.05) is 30.3 Å². The Morgan fingerprint density at radius 1 is 1.06 bits per heavy atom. The molecule has 3 nitrogen and oxygen atoms in total. The van der Waals surface area contributed by atoms with Gasteiger partial charge in [-0.1, -0.05) is 64.5 Å². The smallest absolute Gasteiger partial charge is 0.338 e. The van der Waals surface area contributed by atoms with Gasteiger partial charge in [0.15, 0.2) is 0 Å². The Morgan fingerprint density at radius 2 is 1.79 bits per heavy atom. The number of aliphatic hydroxyl groups is 1. The van der Waals surface area contributed by atoms with Crippen LogP contribution in [0.1, 0.15) is 89.9 Å². The molecule has 34 heavy (non-hydrogen) atoms. The monoisotopic (exact) mass is 462 g/mol. The zero-order valence-electron chi connectivity index (χ0n) is 21.7. The second-order valence-corrected chi connectivity index (χ2v) is 12.6. The SMILES string of the molecule is C[C@H](CO)[C@H]1CC=C2C3=C(CC[C@@]21C)[C@@]1(C)CC[C@H](OC(=O)c2ccccc2)C(C)(C)[C@@H]1CC3. The number of aliphatic hydroxyl groups excluding tert-OH is 1. The highest BCUT2D eigenvalue weighted by Crippen LogP contribution is 2.66. The third-order valence-corrected chi connectivity index (χ3v) is 10.6. The van der Waals surface area contributed by atoms with Gasteiger partial charge in [-0.25, -0.2) is 4.79 Å². The van der Waals surface area contributed by atoms with Crippen LogP contribution in [0.4, 0.5) is 0 Å². The number of allylic oxidation sites excluding steroid dienone is 4. The highest BCUT2D eigenvalue weighted by molar-refractivity contribution is 5.89. The molecule has 1 fully saturated rings. The predicted molar refractivity (Wildman–Crippen MR) is 136 cm³/mol. The zero-order valence-corrected chi connectivity index (χ0v) is 21.7. The van der Waals surface area contributed by atoms with Crippen molar-refractivity contribution in [2.75, 3.05) is 6.61 Å². The Bertz CT molecular complexity index is 1020. The average Bonchev–Trinajstić information content (AvgIpc) is 3.18. The summed E-state index contributed by atoms with van der Waals surface area (Å²) in [6.07, 6.45) is 10.3. The first-order valence-corrected chi connectivity index (χ1v) is 13.4. The van der Waals surface area contributed by atoms with Crippen LogP contribution in [0.2, 0.25) is 0 Å². The number of carbonyl (C=O) groups excluding carboxylic acids is 1. The normalized spacial score (nSPS) is 37.2. The predicted octanol–water partition coefficient (Wildman–Crippen LogP) is 7.12. The minimum absolute atomic E-state index is 0.0465. The average molecular weight is 463 g/mol. The Hall–Kier alpha value is -1.87. The minimum Gasteiger partial charge on any atom is -0.458 e. The van der Waals surface area contributed by atoms with Gasteiger partial charge in [0.25, 0.3) is 0 Å². The number of fused-ring (bicyclic) bond motifs is 4. The lowest BCUT2D eigenvalue weighted by Crippen LogP contribution is -2.54. The summed E-state index contributed by atoms with van der Waals surface area (Å²) in [5, 5.41) is 9.87. The number of ether oxygens (including phenoxy) is 1. The van der Waals surface area contributed by atoms with Crippen LogP contribution in [-0.4, -0.2) is 23.8 Å². The van der Waals surface area contributed by atoms with Gasteiger partial charge in [0, 0.05) is 12.0 Å². The summed E-state index contributed by atoms with van der Waals surface area (Å²) in [4.78, 5) is 12.9. The van der Waals surface area contributed by atoms with Crippen molar-refractivity contribution in [3.63, 3.8) is 0 Å². The molecule has 0 amide bonds. The topological polar surface area (TPSA) is 46.5 Å². The number of carbonyl (C=O) groups is 1. The number of rotatable bonds is 4. The molecule has 4 aliphatic carbocycles. The van der Waals surface area contributed by atoms with Gasteiger partial charge in [-0.15, -0.1) is 0 Å². The lowest BCUT2D eigenvalue weighted by molar-refractivity contribution is -0.0993. The van der Waals surface area contributed by atoms with Crippen LogP contribution in [0.5, 0.6) is 0 Å². The summed E-state index contributed by atoms with van der Waals surface area (Å²) >= 11 is 0. The van der Waals surface area contributed by atoms with Crippen LogP contribution < -0.4 is 0 Å². The Labute approximate surface area is 205 Å². The third-order valence-electron chi connectivity index (χ3n) is 10.6. The number of esters is 1. The van der Waals surface area contributed by atoms with E-state index in [1.165, 1.54) is 12.8 Å². The van der Waals surface area contributed by atoms with Crippen molar-refractivity contribution in [1.82, 2.24) is 0 Å². The van der Waals surface area contributed by atoms with Crippen molar-refractivity contribution in [3.05, 3.63) is 58.7 Å². The molecule has 5 rings (SSSR count).